The van der Waals surface area contributed by atoms with Gasteiger partial charge >= 0.3 is 0 Å². The first kappa shape index (κ1) is 14.2. The molecule has 4 rings (SSSR count). The maximum atomic E-state index is 4.74. The predicted molar refractivity (Wildman–Crippen MR) is 92.5 cm³/mol. The highest BCUT2D eigenvalue weighted by Crippen LogP contribution is 2.23. The Balaban J connectivity index is 1.45. The molecule has 1 aromatic carbocycles. The number of aromatic nitrogens is 3. The summed E-state index contributed by atoms with van der Waals surface area (Å²) in [5, 5.41) is 0. The van der Waals surface area contributed by atoms with Crippen molar-refractivity contribution >= 4 is 16.9 Å². The number of benzene rings is 1. The minimum absolute atomic E-state index is 0.299. The van der Waals surface area contributed by atoms with Crippen LogP contribution in [0.15, 0.2) is 48.7 Å². The lowest BCUT2D eigenvalue weighted by molar-refractivity contribution is 0.192. The second-order valence-corrected chi connectivity index (χ2v) is 6.03. The normalized spacial score (nSPS) is 17.5. The predicted octanol–water partition coefficient (Wildman–Crippen LogP) is 2.84. The van der Waals surface area contributed by atoms with E-state index in [4.69, 9.17) is 4.98 Å². The van der Waals surface area contributed by atoms with Gasteiger partial charge < -0.3 is 9.88 Å². The van der Waals surface area contributed by atoms with Gasteiger partial charge in [0.1, 0.15) is 11.6 Å². The quantitative estimate of drug-likeness (QED) is 0.808. The van der Waals surface area contributed by atoms with Gasteiger partial charge in [0.05, 0.1) is 17.1 Å². The number of H-pyrrole nitrogens is 1. The van der Waals surface area contributed by atoms with Crippen LogP contribution in [0.25, 0.3) is 11.0 Å². The number of anilines is 1. The Labute approximate surface area is 136 Å². The van der Waals surface area contributed by atoms with E-state index in [1.165, 1.54) is 0 Å². The number of hydrogen-bond donors (Lipinski definition) is 1. The first-order chi connectivity index (χ1) is 11.3. The van der Waals surface area contributed by atoms with Crippen molar-refractivity contribution in [2.24, 2.45) is 0 Å². The van der Waals surface area contributed by atoms with Crippen LogP contribution in [0.1, 0.15) is 18.8 Å². The molecule has 3 heterocycles. The number of nitrogens with one attached hydrogen (secondary N) is 1. The smallest absolute Gasteiger partial charge is 0.128 e. The molecule has 5 nitrogen and oxygen atoms in total. The van der Waals surface area contributed by atoms with Crippen LogP contribution in [0.3, 0.4) is 0 Å². The number of imidazole rings is 1. The van der Waals surface area contributed by atoms with E-state index in [9.17, 15) is 0 Å². The summed E-state index contributed by atoms with van der Waals surface area (Å²) in [6.45, 7) is 6.28. The summed E-state index contributed by atoms with van der Waals surface area (Å²) in [5.74, 6) is 2.13. The van der Waals surface area contributed by atoms with E-state index in [1.807, 2.05) is 30.5 Å². The molecule has 1 fully saturated rings. The highest BCUT2D eigenvalue weighted by molar-refractivity contribution is 5.74. The average Bonchev–Trinajstić information content (AvgIpc) is 3.06. The summed E-state index contributed by atoms with van der Waals surface area (Å²) in [4.78, 5) is 17.5. The van der Waals surface area contributed by atoms with Crippen molar-refractivity contribution in [3.05, 3.63) is 54.5 Å². The molecule has 1 aliphatic rings. The summed E-state index contributed by atoms with van der Waals surface area (Å²) in [7, 11) is 0. The van der Waals surface area contributed by atoms with Gasteiger partial charge in [-0.05, 0) is 31.2 Å². The zero-order chi connectivity index (χ0) is 15.6. The summed E-state index contributed by atoms with van der Waals surface area (Å²) >= 11 is 0. The van der Waals surface area contributed by atoms with E-state index in [1.54, 1.807) is 0 Å². The molecule has 1 N–H and O–H groups in total. The summed E-state index contributed by atoms with van der Waals surface area (Å²) in [5.41, 5.74) is 2.16. The number of piperazine rings is 1. The summed E-state index contributed by atoms with van der Waals surface area (Å²) < 4.78 is 0. The Hall–Kier alpha value is -2.40. The van der Waals surface area contributed by atoms with E-state index >= 15 is 0 Å². The average molecular weight is 307 g/mol. The Morgan fingerprint density at radius 3 is 2.52 bits per heavy atom. The largest absolute Gasteiger partial charge is 0.354 e. The van der Waals surface area contributed by atoms with E-state index in [2.05, 4.69) is 44.9 Å². The molecule has 0 aliphatic carbocycles. The molecular weight excluding hydrogens is 286 g/mol. The fourth-order valence-electron chi connectivity index (χ4n) is 3.22. The van der Waals surface area contributed by atoms with Crippen LogP contribution in [-0.2, 0) is 0 Å². The van der Waals surface area contributed by atoms with Gasteiger partial charge in [0.2, 0.25) is 0 Å². The van der Waals surface area contributed by atoms with Gasteiger partial charge in [-0.15, -0.1) is 0 Å². The molecule has 0 amide bonds. The van der Waals surface area contributed by atoms with Gasteiger partial charge in [0.15, 0.2) is 0 Å². The minimum atomic E-state index is 0.299. The fourth-order valence-corrected chi connectivity index (χ4v) is 3.22. The maximum absolute atomic E-state index is 4.74. The number of nitrogens with zero attached hydrogens (tertiary/aromatic N) is 4. The first-order valence-corrected chi connectivity index (χ1v) is 8.16. The van der Waals surface area contributed by atoms with E-state index in [0.29, 0.717) is 6.04 Å². The molecule has 23 heavy (non-hydrogen) atoms. The molecule has 1 atom stereocenters. The molecule has 0 spiro atoms. The van der Waals surface area contributed by atoms with Crippen molar-refractivity contribution < 1.29 is 0 Å². The topological polar surface area (TPSA) is 48.1 Å². The van der Waals surface area contributed by atoms with E-state index < -0.39 is 0 Å². The number of hydrogen-bond acceptors (Lipinski definition) is 4. The zero-order valence-corrected chi connectivity index (χ0v) is 13.3. The molecule has 118 valence electrons. The van der Waals surface area contributed by atoms with Gasteiger partial charge in [0, 0.05) is 32.4 Å². The lowest BCUT2D eigenvalue weighted by Crippen LogP contribution is -2.47. The maximum Gasteiger partial charge on any atom is 0.128 e. The van der Waals surface area contributed by atoms with Crippen LogP contribution in [-0.4, -0.2) is 46.0 Å². The second kappa shape index (κ2) is 6.01. The number of rotatable bonds is 3. The molecule has 1 saturated heterocycles. The van der Waals surface area contributed by atoms with Crippen LogP contribution in [0.4, 0.5) is 5.82 Å². The third-order valence-corrected chi connectivity index (χ3v) is 4.64. The zero-order valence-electron chi connectivity index (χ0n) is 13.3. The molecule has 0 bridgehead atoms. The molecule has 5 heteroatoms. The Bertz CT molecular complexity index is 741. The van der Waals surface area contributed by atoms with Crippen LogP contribution in [0, 0.1) is 0 Å². The summed E-state index contributed by atoms with van der Waals surface area (Å²) in [6.07, 6.45) is 1.86. The van der Waals surface area contributed by atoms with Crippen molar-refractivity contribution in [1.29, 1.82) is 0 Å². The van der Waals surface area contributed by atoms with Gasteiger partial charge in [-0.1, -0.05) is 18.2 Å². The third kappa shape index (κ3) is 2.80. The highest BCUT2D eigenvalue weighted by Gasteiger charge is 2.24. The number of pyridine rings is 1. The summed E-state index contributed by atoms with van der Waals surface area (Å²) in [6, 6.07) is 14.6. The van der Waals surface area contributed by atoms with Crippen molar-refractivity contribution in [3.63, 3.8) is 0 Å². The lowest BCUT2D eigenvalue weighted by atomic mass is 10.2. The highest BCUT2D eigenvalue weighted by atomic mass is 15.3. The fraction of sp³-hybridized carbons (Fsp3) is 0.333. The SMILES string of the molecule is CC(c1nc2ccccc2[nH]1)N1CCN(c2ccccn2)CC1. The molecular formula is C18H21N5. The van der Waals surface area contributed by atoms with Crippen LogP contribution in [0.2, 0.25) is 0 Å². The van der Waals surface area contributed by atoms with Crippen LogP contribution in [0.5, 0.6) is 0 Å². The van der Waals surface area contributed by atoms with Gasteiger partial charge in [-0.2, -0.15) is 0 Å². The monoisotopic (exact) mass is 307 g/mol. The van der Waals surface area contributed by atoms with E-state index in [-0.39, 0.29) is 0 Å². The molecule has 1 unspecified atom stereocenters. The molecule has 0 saturated carbocycles. The molecule has 0 radical (unpaired) electrons. The van der Waals surface area contributed by atoms with Crippen molar-refractivity contribution in [2.45, 2.75) is 13.0 Å². The van der Waals surface area contributed by atoms with Crippen LogP contribution < -0.4 is 4.90 Å². The van der Waals surface area contributed by atoms with Gasteiger partial charge in [0.25, 0.3) is 0 Å². The molecule has 3 aromatic rings. The number of aromatic amines is 1. The Morgan fingerprint density at radius 1 is 1.00 bits per heavy atom. The van der Waals surface area contributed by atoms with E-state index in [0.717, 1.165) is 48.9 Å². The molecule has 2 aromatic heterocycles. The Kier molecular flexibility index (Phi) is 3.71. The first-order valence-electron chi connectivity index (χ1n) is 8.16. The number of fused-ring (bicyclic) bond motifs is 1. The van der Waals surface area contributed by atoms with Crippen molar-refractivity contribution in [3.8, 4) is 0 Å². The Morgan fingerprint density at radius 2 is 1.78 bits per heavy atom. The third-order valence-electron chi connectivity index (χ3n) is 4.64. The van der Waals surface area contributed by atoms with Crippen molar-refractivity contribution in [2.75, 3.05) is 31.1 Å². The number of para-hydroxylation sites is 2. The van der Waals surface area contributed by atoms with Crippen LogP contribution >= 0.6 is 0 Å². The molecule has 1 aliphatic heterocycles. The second-order valence-electron chi connectivity index (χ2n) is 6.03. The standard InChI is InChI=1S/C18H21N5/c1-14(18-20-15-6-2-3-7-16(15)21-18)22-10-12-23(13-11-22)17-8-4-5-9-19-17/h2-9,14H,10-13H2,1H3,(H,20,21). The minimum Gasteiger partial charge on any atom is -0.354 e. The van der Waals surface area contributed by atoms with Crippen molar-refractivity contribution in [1.82, 2.24) is 19.9 Å². The van der Waals surface area contributed by atoms with Gasteiger partial charge in [-0.3, -0.25) is 4.90 Å². The van der Waals surface area contributed by atoms with Gasteiger partial charge in [-0.25, -0.2) is 9.97 Å². The lowest BCUT2D eigenvalue weighted by Gasteiger charge is -2.37.